The summed E-state index contributed by atoms with van der Waals surface area (Å²) in [6, 6.07) is 1.55. The van der Waals surface area contributed by atoms with Crippen molar-refractivity contribution in [3.05, 3.63) is 23.5 Å². The quantitative estimate of drug-likeness (QED) is 0.627. The first-order chi connectivity index (χ1) is 9.08. The fourth-order valence-electron chi connectivity index (χ4n) is 2.00. The molecular formula is C14H22N2O3. The Morgan fingerprint density at radius 1 is 1.42 bits per heavy atom. The van der Waals surface area contributed by atoms with Gasteiger partial charge in [0.2, 0.25) is 0 Å². The molecule has 0 saturated heterocycles. The lowest BCUT2D eigenvalue weighted by Gasteiger charge is -2.15. The number of H-pyrrole nitrogens is 1. The largest absolute Gasteiger partial charge is 0.396 e. The molecule has 19 heavy (non-hydrogen) atoms. The zero-order valence-electron chi connectivity index (χ0n) is 11.5. The first-order valence-corrected chi connectivity index (χ1v) is 6.66. The van der Waals surface area contributed by atoms with Crippen LogP contribution in [-0.2, 0) is 0 Å². The van der Waals surface area contributed by atoms with Crippen molar-refractivity contribution >= 4 is 11.7 Å². The van der Waals surface area contributed by atoms with Gasteiger partial charge in [0, 0.05) is 24.9 Å². The highest BCUT2D eigenvalue weighted by atomic mass is 16.3. The van der Waals surface area contributed by atoms with E-state index >= 15 is 0 Å². The van der Waals surface area contributed by atoms with Crippen LogP contribution in [0.4, 0.5) is 0 Å². The molecule has 0 aliphatic heterocycles. The van der Waals surface area contributed by atoms with Gasteiger partial charge in [-0.05, 0) is 31.7 Å². The maximum Gasteiger partial charge on any atom is 0.267 e. The van der Waals surface area contributed by atoms with E-state index in [1.54, 1.807) is 6.07 Å². The monoisotopic (exact) mass is 266 g/mol. The first kappa shape index (κ1) is 15.4. The van der Waals surface area contributed by atoms with Crippen LogP contribution in [0.3, 0.4) is 0 Å². The Labute approximate surface area is 113 Å². The van der Waals surface area contributed by atoms with Crippen LogP contribution in [0.1, 0.15) is 54.0 Å². The molecule has 0 aromatic carbocycles. The SMILES string of the molecule is CCCC(CCO)CNC(=O)c1cc(C(C)=O)c[nH]1. The summed E-state index contributed by atoms with van der Waals surface area (Å²) in [7, 11) is 0. The number of aromatic amines is 1. The summed E-state index contributed by atoms with van der Waals surface area (Å²) in [5.74, 6) is 0.00664. The predicted molar refractivity (Wildman–Crippen MR) is 73.2 cm³/mol. The van der Waals surface area contributed by atoms with Gasteiger partial charge >= 0.3 is 0 Å². The van der Waals surface area contributed by atoms with Gasteiger partial charge in [0.05, 0.1) is 0 Å². The van der Waals surface area contributed by atoms with Crippen molar-refractivity contribution in [2.45, 2.75) is 33.1 Å². The minimum atomic E-state index is -0.216. The highest BCUT2D eigenvalue weighted by Crippen LogP contribution is 2.10. The molecular weight excluding hydrogens is 244 g/mol. The second kappa shape index (κ2) is 7.74. The van der Waals surface area contributed by atoms with Crippen molar-refractivity contribution in [1.82, 2.24) is 10.3 Å². The molecule has 0 spiro atoms. The molecule has 1 heterocycles. The number of Topliss-reactive ketones (excluding diaryl/α,β-unsaturated/α-hetero) is 1. The summed E-state index contributed by atoms with van der Waals surface area (Å²) < 4.78 is 0. The maximum absolute atomic E-state index is 11.9. The second-order valence-electron chi connectivity index (χ2n) is 4.74. The Bertz CT molecular complexity index is 420. The third kappa shape index (κ3) is 4.87. The van der Waals surface area contributed by atoms with Crippen molar-refractivity contribution in [3.8, 4) is 0 Å². The summed E-state index contributed by atoms with van der Waals surface area (Å²) in [6.07, 6.45) is 4.23. The lowest BCUT2D eigenvalue weighted by atomic mass is 10.0. The van der Waals surface area contributed by atoms with Crippen molar-refractivity contribution < 1.29 is 14.7 Å². The van der Waals surface area contributed by atoms with Crippen molar-refractivity contribution in [3.63, 3.8) is 0 Å². The Kier molecular flexibility index (Phi) is 6.29. The van der Waals surface area contributed by atoms with E-state index in [-0.39, 0.29) is 18.3 Å². The highest BCUT2D eigenvalue weighted by molar-refractivity contribution is 5.99. The minimum Gasteiger partial charge on any atom is -0.396 e. The van der Waals surface area contributed by atoms with Crippen molar-refractivity contribution in [2.75, 3.05) is 13.2 Å². The van der Waals surface area contributed by atoms with Crippen LogP contribution in [0.2, 0.25) is 0 Å². The number of hydrogen-bond donors (Lipinski definition) is 3. The van der Waals surface area contributed by atoms with Gasteiger partial charge in [-0.3, -0.25) is 9.59 Å². The molecule has 5 nitrogen and oxygen atoms in total. The molecule has 106 valence electrons. The number of rotatable bonds is 8. The van der Waals surface area contributed by atoms with Crippen LogP contribution in [0.5, 0.6) is 0 Å². The number of aliphatic hydroxyl groups is 1. The smallest absolute Gasteiger partial charge is 0.267 e. The second-order valence-corrected chi connectivity index (χ2v) is 4.74. The summed E-state index contributed by atoms with van der Waals surface area (Å²) in [4.78, 5) is 25.8. The van der Waals surface area contributed by atoms with Crippen LogP contribution in [0.15, 0.2) is 12.3 Å². The van der Waals surface area contributed by atoms with E-state index in [4.69, 9.17) is 5.11 Å². The number of carbonyl (C=O) groups is 2. The van der Waals surface area contributed by atoms with E-state index in [1.807, 2.05) is 0 Å². The van der Waals surface area contributed by atoms with E-state index < -0.39 is 0 Å². The van der Waals surface area contributed by atoms with E-state index in [1.165, 1.54) is 13.1 Å². The van der Waals surface area contributed by atoms with Crippen molar-refractivity contribution in [1.29, 1.82) is 0 Å². The van der Waals surface area contributed by atoms with Gasteiger partial charge < -0.3 is 15.4 Å². The molecule has 1 amide bonds. The Balaban J connectivity index is 2.51. The van der Waals surface area contributed by atoms with Gasteiger partial charge in [0.25, 0.3) is 5.91 Å². The molecule has 0 aliphatic rings. The molecule has 0 fully saturated rings. The zero-order chi connectivity index (χ0) is 14.3. The van der Waals surface area contributed by atoms with Gasteiger partial charge in [-0.2, -0.15) is 0 Å². The van der Waals surface area contributed by atoms with E-state index in [9.17, 15) is 9.59 Å². The molecule has 0 radical (unpaired) electrons. The highest BCUT2D eigenvalue weighted by Gasteiger charge is 2.13. The average molecular weight is 266 g/mol. The molecule has 3 N–H and O–H groups in total. The third-order valence-corrected chi connectivity index (χ3v) is 3.12. The number of aromatic nitrogens is 1. The summed E-state index contributed by atoms with van der Waals surface area (Å²) in [5.41, 5.74) is 0.898. The third-order valence-electron chi connectivity index (χ3n) is 3.12. The summed E-state index contributed by atoms with van der Waals surface area (Å²) >= 11 is 0. The fourth-order valence-corrected chi connectivity index (χ4v) is 2.00. The molecule has 1 atom stereocenters. The molecule has 5 heteroatoms. The average Bonchev–Trinajstić information content (AvgIpc) is 2.86. The van der Waals surface area contributed by atoms with Crippen LogP contribution >= 0.6 is 0 Å². The number of amides is 1. The molecule has 0 aliphatic carbocycles. The van der Waals surface area contributed by atoms with E-state index in [2.05, 4.69) is 17.2 Å². The lowest BCUT2D eigenvalue weighted by Crippen LogP contribution is -2.30. The van der Waals surface area contributed by atoms with Gasteiger partial charge in [-0.25, -0.2) is 0 Å². The van der Waals surface area contributed by atoms with E-state index in [0.717, 1.165) is 12.8 Å². The predicted octanol–water partition coefficient (Wildman–Crippen LogP) is 1.75. The van der Waals surface area contributed by atoms with E-state index in [0.29, 0.717) is 30.1 Å². The normalized spacial score (nSPS) is 12.2. The van der Waals surface area contributed by atoms with Gasteiger partial charge in [0.15, 0.2) is 5.78 Å². The minimum absolute atomic E-state index is 0.0700. The number of carbonyl (C=O) groups excluding carboxylic acids is 2. The Morgan fingerprint density at radius 3 is 2.68 bits per heavy atom. The fraction of sp³-hybridized carbons (Fsp3) is 0.571. The Hall–Kier alpha value is -1.62. The number of hydrogen-bond acceptors (Lipinski definition) is 3. The van der Waals surface area contributed by atoms with Crippen LogP contribution < -0.4 is 5.32 Å². The Morgan fingerprint density at radius 2 is 2.16 bits per heavy atom. The van der Waals surface area contributed by atoms with Gasteiger partial charge in [0.1, 0.15) is 5.69 Å². The number of aliphatic hydroxyl groups excluding tert-OH is 1. The van der Waals surface area contributed by atoms with Crippen LogP contribution in [-0.4, -0.2) is 34.9 Å². The first-order valence-electron chi connectivity index (χ1n) is 6.66. The molecule has 1 aromatic heterocycles. The standard InChI is InChI=1S/C14H22N2O3/c1-3-4-11(5-6-17)8-16-14(19)13-7-12(9-15-13)10(2)18/h7,9,11,15,17H,3-6,8H2,1-2H3,(H,16,19). The molecule has 1 unspecified atom stereocenters. The molecule has 1 rings (SSSR count). The number of ketones is 1. The van der Waals surface area contributed by atoms with Crippen LogP contribution in [0.25, 0.3) is 0 Å². The van der Waals surface area contributed by atoms with Gasteiger partial charge in [-0.1, -0.05) is 13.3 Å². The molecule has 0 saturated carbocycles. The maximum atomic E-state index is 11.9. The van der Waals surface area contributed by atoms with Gasteiger partial charge in [-0.15, -0.1) is 0 Å². The number of nitrogens with one attached hydrogen (secondary N) is 2. The van der Waals surface area contributed by atoms with Crippen molar-refractivity contribution in [2.24, 2.45) is 5.92 Å². The summed E-state index contributed by atoms with van der Waals surface area (Å²) in [6.45, 7) is 4.22. The molecule has 0 bridgehead atoms. The lowest BCUT2D eigenvalue weighted by molar-refractivity contribution is 0.0938. The van der Waals surface area contributed by atoms with Crippen LogP contribution in [0, 0.1) is 5.92 Å². The topological polar surface area (TPSA) is 82.2 Å². The zero-order valence-corrected chi connectivity index (χ0v) is 11.5. The summed E-state index contributed by atoms with van der Waals surface area (Å²) in [5, 5.41) is 11.8. The molecule has 1 aromatic rings.